The molecule has 1 aliphatic carbocycles. The summed E-state index contributed by atoms with van der Waals surface area (Å²) in [7, 11) is 0. The van der Waals surface area contributed by atoms with Crippen LogP contribution in [0.5, 0.6) is 0 Å². The molecule has 4 aromatic rings. The standard InChI is InChI=1S/C26H24FN5OS/c1-16-3-10-22(15-17(16)2)32-24(19-11-13-28-14-12-19)30-31-26(32)34-23(25(33)29-21-8-9-21)18-4-6-20(27)7-5-18/h3-7,10-15,21,23H,8-9H2,1-2H3,(H,29,33). The van der Waals surface area contributed by atoms with Crippen molar-refractivity contribution < 1.29 is 9.18 Å². The van der Waals surface area contributed by atoms with Crippen molar-refractivity contribution in [3.63, 3.8) is 0 Å². The maximum Gasteiger partial charge on any atom is 0.238 e. The monoisotopic (exact) mass is 473 g/mol. The number of thioether (sulfide) groups is 1. The van der Waals surface area contributed by atoms with Gasteiger partial charge in [-0.15, -0.1) is 10.2 Å². The number of halogens is 1. The Bertz CT molecular complexity index is 1320. The van der Waals surface area contributed by atoms with Crippen molar-refractivity contribution >= 4 is 17.7 Å². The van der Waals surface area contributed by atoms with E-state index < -0.39 is 5.25 Å². The number of carbonyl (C=O) groups is 1. The summed E-state index contributed by atoms with van der Waals surface area (Å²) >= 11 is 1.31. The average Bonchev–Trinajstić information content (AvgIpc) is 3.56. The van der Waals surface area contributed by atoms with E-state index >= 15 is 0 Å². The fraction of sp³-hybridized carbons (Fsp3) is 0.231. The van der Waals surface area contributed by atoms with Crippen LogP contribution < -0.4 is 5.32 Å². The Morgan fingerprint density at radius 2 is 1.76 bits per heavy atom. The lowest BCUT2D eigenvalue weighted by Gasteiger charge is -2.18. The molecule has 1 unspecified atom stereocenters. The van der Waals surface area contributed by atoms with Gasteiger partial charge in [0.25, 0.3) is 0 Å². The fourth-order valence-corrected chi connectivity index (χ4v) is 4.72. The maximum absolute atomic E-state index is 13.6. The van der Waals surface area contributed by atoms with Crippen LogP contribution in [-0.4, -0.2) is 31.7 Å². The maximum atomic E-state index is 13.6. The van der Waals surface area contributed by atoms with Gasteiger partial charge in [0.05, 0.1) is 5.69 Å². The van der Waals surface area contributed by atoms with Crippen LogP contribution in [-0.2, 0) is 4.79 Å². The molecule has 34 heavy (non-hydrogen) atoms. The molecule has 1 aliphatic rings. The molecule has 2 aromatic carbocycles. The number of aromatic nitrogens is 4. The quantitative estimate of drug-likeness (QED) is 0.374. The zero-order valence-corrected chi connectivity index (χ0v) is 19.7. The van der Waals surface area contributed by atoms with E-state index in [1.165, 1.54) is 29.5 Å². The van der Waals surface area contributed by atoms with Crippen LogP contribution in [0.15, 0.2) is 72.1 Å². The highest BCUT2D eigenvalue weighted by atomic mass is 32.2. The number of hydrogen-bond donors (Lipinski definition) is 1. The van der Waals surface area contributed by atoms with Crippen molar-refractivity contribution in [3.8, 4) is 17.1 Å². The summed E-state index contributed by atoms with van der Waals surface area (Å²) in [6.45, 7) is 4.13. The predicted molar refractivity (Wildman–Crippen MR) is 130 cm³/mol. The van der Waals surface area contributed by atoms with Crippen LogP contribution in [0.2, 0.25) is 0 Å². The number of amides is 1. The summed E-state index contributed by atoms with van der Waals surface area (Å²) in [5.74, 6) is 0.209. The molecule has 1 amide bonds. The molecule has 172 valence electrons. The Hall–Kier alpha value is -3.52. The minimum Gasteiger partial charge on any atom is -0.352 e. The Morgan fingerprint density at radius 1 is 1.03 bits per heavy atom. The first-order valence-corrected chi connectivity index (χ1v) is 12.0. The van der Waals surface area contributed by atoms with Crippen molar-refractivity contribution in [2.24, 2.45) is 0 Å². The molecule has 0 saturated heterocycles. The topological polar surface area (TPSA) is 72.7 Å². The third kappa shape index (κ3) is 4.72. The molecular formula is C26H24FN5OS. The van der Waals surface area contributed by atoms with Crippen LogP contribution in [0.4, 0.5) is 4.39 Å². The molecular weight excluding hydrogens is 449 g/mol. The van der Waals surface area contributed by atoms with Crippen LogP contribution in [0.1, 0.15) is 34.8 Å². The second-order valence-electron chi connectivity index (χ2n) is 8.48. The molecule has 1 saturated carbocycles. The number of nitrogens with one attached hydrogen (secondary N) is 1. The van der Waals surface area contributed by atoms with Gasteiger partial charge in [0.15, 0.2) is 11.0 Å². The number of benzene rings is 2. The highest BCUT2D eigenvalue weighted by Gasteiger charge is 2.31. The van der Waals surface area contributed by atoms with Crippen LogP contribution in [0.25, 0.3) is 17.1 Å². The van der Waals surface area contributed by atoms with Gasteiger partial charge < -0.3 is 5.32 Å². The molecule has 0 bridgehead atoms. The van der Waals surface area contributed by atoms with E-state index in [1.54, 1.807) is 24.5 Å². The second kappa shape index (κ2) is 9.38. The van der Waals surface area contributed by atoms with E-state index in [0.717, 1.165) is 29.7 Å². The highest BCUT2D eigenvalue weighted by Crippen LogP contribution is 2.38. The number of pyridine rings is 1. The number of rotatable bonds is 7. The van der Waals surface area contributed by atoms with Crippen molar-refractivity contribution in [2.75, 3.05) is 0 Å². The second-order valence-corrected chi connectivity index (χ2v) is 9.55. The minimum atomic E-state index is -0.596. The van der Waals surface area contributed by atoms with Gasteiger partial charge >= 0.3 is 0 Å². The molecule has 2 aromatic heterocycles. The number of aryl methyl sites for hydroxylation is 2. The zero-order chi connectivity index (χ0) is 23.7. The lowest BCUT2D eigenvalue weighted by Crippen LogP contribution is -2.30. The first-order valence-electron chi connectivity index (χ1n) is 11.2. The van der Waals surface area contributed by atoms with Gasteiger partial charge in [-0.3, -0.25) is 14.3 Å². The molecule has 1 atom stereocenters. The summed E-state index contributed by atoms with van der Waals surface area (Å²) in [4.78, 5) is 17.3. The third-order valence-electron chi connectivity index (χ3n) is 5.88. The van der Waals surface area contributed by atoms with Crippen LogP contribution in [0, 0.1) is 19.7 Å². The largest absolute Gasteiger partial charge is 0.352 e. The first kappa shape index (κ1) is 22.3. The van der Waals surface area contributed by atoms with Crippen molar-refractivity contribution in [3.05, 3.63) is 89.5 Å². The lowest BCUT2D eigenvalue weighted by atomic mass is 10.1. The van der Waals surface area contributed by atoms with E-state index in [4.69, 9.17) is 0 Å². The Morgan fingerprint density at radius 3 is 2.44 bits per heavy atom. The molecule has 0 radical (unpaired) electrons. The van der Waals surface area contributed by atoms with Gasteiger partial charge in [0, 0.05) is 24.0 Å². The molecule has 1 N–H and O–H groups in total. The smallest absolute Gasteiger partial charge is 0.238 e. The van der Waals surface area contributed by atoms with E-state index in [2.05, 4.69) is 46.5 Å². The molecule has 8 heteroatoms. The third-order valence-corrected chi connectivity index (χ3v) is 7.08. The van der Waals surface area contributed by atoms with E-state index in [0.29, 0.717) is 16.5 Å². The highest BCUT2D eigenvalue weighted by molar-refractivity contribution is 8.00. The molecule has 0 spiro atoms. The van der Waals surface area contributed by atoms with E-state index in [9.17, 15) is 9.18 Å². The van der Waals surface area contributed by atoms with Gasteiger partial charge in [0.1, 0.15) is 11.1 Å². The SMILES string of the molecule is Cc1ccc(-n2c(SC(C(=O)NC3CC3)c3ccc(F)cc3)nnc2-c2ccncc2)cc1C. The van der Waals surface area contributed by atoms with Gasteiger partial charge in [-0.05, 0) is 79.8 Å². The summed E-state index contributed by atoms with van der Waals surface area (Å²) in [6.07, 6.45) is 5.40. The Kier molecular flexibility index (Phi) is 6.15. The van der Waals surface area contributed by atoms with Gasteiger partial charge in [0.2, 0.25) is 5.91 Å². The number of carbonyl (C=O) groups excluding carboxylic acids is 1. The van der Waals surface area contributed by atoms with Crippen molar-refractivity contribution in [2.45, 2.75) is 43.1 Å². The summed E-state index contributed by atoms with van der Waals surface area (Å²) in [5.41, 5.74) is 4.81. The minimum absolute atomic E-state index is 0.112. The molecule has 1 fully saturated rings. The average molecular weight is 474 g/mol. The molecule has 0 aliphatic heterocycles. The van der Waals surface area contributed by atoms with E-state index in [1.807, 2.05) is 22.8 Å². The van der Waals surface area contributed by atoms with Crippen LogP contribution >= 0.6 is 11.8 Å². The van der Waals surface area contributed by atoms with Gasteiger partial charge in [-0.1, -0.05) is 30.0 Å². The van der Waals surface area contributed by atoms with Gasteiger partial charge in [-0.25, -0.2) is 4.39 Å². The van der Waals surface area contributed by atoms with Crippen molar-refractivity contribution in [1.82, 2.24) is 25.1 Å². The molecule has 6 nitrogen and oxygen atoms in total. The fourth-order valence-electron chi connectivity index (χ4n) is 3.65. The normalized spacial score (nSPS) is 14.1. The summed E-state index contributed by atoms with van der Waals surface area (Å²) < 4.78 is 15.6. The summed E-state index contributed by atoms with van der Waals surface area (Å²) in [5, 5.41) is 12.0. The van der Waals surface area contributed by atoms with E-state index in [-0.39, 0.29) is 17.8 Å². The lowest BCUT2D eigenvalue weighted by molar-refractivity contribution is -0.120. The molecule has 2 heterocycles. The van der Waals surface area contributed by atoms with Crippen LogP contribution in [0.3, 0.4) is 0 Å². The molecule has 5 rings (SSSR count). The number of hydrogen-bond acceptors (Lipinski definition) is 5. The first-order chi connectivity index (χ1) is 16.5. The Balaban J connectivity index is 1.59. The zero-order valence-electron chi connectivity index (χ0n) is 18.9. The summed E-state index contributed by atoms with van der Waals surface area (Å²) in [6, 6.07) is 16.2. The number of nitrogens with zero attached hydrogens (tertiary/aromatic N) is 4. The van der Waals surface area contributed by atoms with Gasteiger partial charge in [-0.2, -0.15) is 0 Å². The Labute approximate surface area is 201 Å². The predicted octanol–water partition coefficient (Wildman–Crippen LogP) is 5.20. The van der Waals surface area contributed by atoms with Crippen molar-refractivity contribution in [1.29, 1.82) is 0 Å².